The Hall–Kier alpha value is -3.85. The molecule has 0 fully saturated rings. The first-order valence-corrected chi connectivity index (χ1v) is 11.5. The fourth-order valence-corrected chi connectivity index (χ4v) is 4.46. The molecule has 3 aromatic rings. The number of thiazole rings is 1. The Labute approximate surface area is 199 Å². The summed E-state index contributed by atoms with van der Waals surface area (Å²) in [6.07, 6.45) is 3.07. The standard InChI is InChI=1S/C25H23NO7S/c1-3-31-23(27)14-22-26(15-16-4-7-18(8-5-16)25(29)30-2)24(28)21(34-22)13-17-6-9-19-20(12-17)33-11-10-32-19/h4-9,12-14H,3,10-11,15H2,1-2H3/b21-13+,22-14-. The van der Waals surface area contributed by atoms with E-state index in [-0.39, 0.29) is 18.7 Å². The SMILES string of the molecule is CCOC(=O)/C=c1\s/c(=C/c2ccc3c(c2)OCCO3)c(=O)n1Cc1ccc(C(=O)OC)cc1. The van der Waals surface area contributed by atoms with Gasteiger partial charge in [-0.05, 0) is 48.4 Å². The van der Waals surface area contributed by atoms with E-state index in [0.29, 0.717) is 39.5 Å². The number of hydrogen-bond acceptors (Lipinski definition) is 8. The van der Waals surface area contributed by atoms with E-state index in [4.69, 9.17) is 18.9 Å². The van der Waals surface area contributed by atoms with Crippen molar-refractivity contribution in [3.8, 4) is 11.5 Å². The van der Waals surface area contributed by atoms with Crippen LogP contribution >= 0.6 is 11.3 Å². The summed E-state index contributed by atoms with van der Waals surface area (Å²) in [6.45, 7) is 3.14. The molecule has 0 spiro atoms. The highest BCUT2D eigenvalue weighted by molar-refractivity contribution is 7.07. The lowest BCUT2D eigenvalue weighted by Crippen LogP contribution is -2.32. The predicted molar refractivity (Wildman–Crippen MR) is 127 cm³/mol. The van der Waals surface area contributed by atoms with Crippen molar-refractivity contribution in [3.05, 3.63) is 78.7 Å². The molecule has 0 unspecified atom stereocenters. The zero-order valence-corrected chi connectivity index (χ0v) is 19.6. The van der Waals surface area contributed by atoms with Gasteiger partial charge in [0.25, 0.3) is 5.56 Å². The van der Waals surface area contributed by atoms with Gasteiger partial charge in [-0.25, -0.2) is 9.59 Å². The molecule has 0 N–H and O–H groups in total. The van der Waals surface area contributed by atoms with Gasteiger partial charge in [0, 0.05) is 0 Å². The van der Waals surface area contributed by atoms with Crippen molar-refractivity contribution < 1.29 is 28.5 Å². The van der Waals surface area contributed by atoms with E-state index in [2.05, 4.69) is 0 Å². The maximum atomic E-state index is 13.3. The highest BCUT2D eigenvalue weighted by atomic mass is 32.1. The number of aromatic nitrogens is 1. The minimum absolute atomic E-state index is 0.219. The second-order valence-corrected chi connectivity index (χ2v) is 8.39. The van der Waals surface area contributed by atoms with Gasteiger partial charge in [-0.15, -0.1) is 11.3 Å². The van der Waals surface area contributed by atoms with E-state index in [1.165, 1.54) is 29.1 Å². The topological polar surface area (TPSA) is 93.1 Å². The van der Waals surface area contributed by atoms with Crippen LogP contribution in [0.15, 0.2) is 47.3 Å². The van der Waals surface area contributed by atoms with Crippen LogP contribution in [0.25, 0.3) is 12.2 Å². The fourth-order valence-electron chi connectivity index (χ4n) is 3.43. The predicted octanol–water partition coefficient (Wildman–Crippen LogP) is 1.69. The van der Waals surface area contributed by atoms with Gasteiger partial charge < -0.3 is 18.9 Å². The number of hydrogen-bond donors (Lipinski definition) is 0. The van der Waals surface area contributed by atoms with Crippen molar-refractivity contribution in [2.24, 2.45) is 0 Å². The van der Waals surface area contributed by atoms with E-state index < -0.39 is 11.9 Å². The molecule has 0 amide bonds. The van der Waals surface area contributed by atoms with Gasteiger partial charge in [-0.2, -0.15) is 0 Å². The number of carbonyl (C=O) groups excluding carboxylic acids is 2. The maximum absolute atomic E-state index is 13.3. The molecule has 1 aromatic heterocycles. The summed E-state index contributed by atoms with van der Waals surface area (Å²) in [5.74, 6) is 0.330. The first kappa shape index (κ1) is 23.3. The first-order valence-electron chi connectivity index (χ1n) is 10.6. The number of carbonyl (C=O) groups is 2. The Morgan fingerprint density at radius 1 is 1.09 bits per heavy atom. The number of nitrogens with zero attached hydrogens (tertiary/aromatic N) is 1. The number of fused-ring (bicyclic) bond motifs is 1. The van der Waals surface area contributed by atoms with Crippen molar-refractivity contribution in [1.82, 2.24) is 4.57 Å². The normalized spacial score (nSPS) is 13.6. The number of esters is 2. The molecular weight excluding hydrogens is 458 g/mol. The molecule has 34 heavy (non-hydrogen) atoms. The second kappa shape index (κ2) is 10.4. The number of methoxy groups -OCH3 is 1. The van der Waals surface area contributed by atoms with Gasteiger partial charge in [-0.3, -0.25) is 9.36 Å². The summed E-state index contributed by atoms with van der Waals surface area (Å²) >= 11 is 1.20. The van der Waals surface area contributed by atoms with Gasteiger partial charge in [0.05, 0.1) is 36.4 Å². The third-order valence-corrected chi connectivity index (χ3v) is 6.10. The number of rotatable bonds is 6. The lowest BCUT2D eigenvalue weighted by Gasteiger charge is -2.18. The van der Waals surface area contributed by atoms with Crippen LogP contribution in [-0.4, -0.2) is 43.4 Å². The van der Waals surface area contributed by atoms with Crippen molar-refractivity contribution >= 4 is 35.4 Å². The molecule has 9 heteroatoms. The third-order valence-electron chi connectivity index (χ3n) is 5.04. The van der Waals surface area contributed by atoms with Crippen LogP contribution in [0.1, 0.15) is 28.4 Å². The van der Waals surface area contributed by atoms with E-state index in [1.54, 1.807) is 43.3 Å². The number of benzene rings is 2. The van der Waals surface area contributed by atoms with Gasteiger partial charge in [0.2, 0.25) is 0 Å². The Morgan fingerprint density at radius 3 is 2.53 bits per heavy atom. The van der Waals surface area contributed by atoms with Crippen molar-refractivity contribution in [3.63, 3.8) is 0 Å². The largest absolute Gasteiger partial charge is 0.486 e. The summed E-state index contributed by atoms with van der Waals surface area (Å²) in [4.78, 5) is 37.1. The van der Waals surface area contributed by atoms with Crippen LogP contribution in [0.2, 0.25) is 0 Å². The van der Waals surface area contributed by atoms with Crippen LogP contribution in [0.3, 0.4) is 0 Å². The molecule has 1 aliphatic heterocycles. The quantitative estimate of drug-likeness (QED) is 0.495. The Balaban J connectivity index is 1.75. The minimum atomic E-state index is -0.524. The Bertz CT molecular complexity index is 1390. The molecule has 4 rings (SSSR count). The van der Waals surface area contributed by atoms with Crippen LogP contribution in [0, 0.1) is 0 Å². The average Bonchev–Trinajstić information content (AvgIpc) is 3.12. The Morgan fingerprint density at radius 2 is 1.82 bits per heavy atom. The molecular formula is C25H23NO7S. The monoisotopic (exact) mass is 481 g/mol. The summed E-state index contributed by atoms with van der Waals surface area (Å²) in [5.41, 5.74) is 1.74. The summed E-state index contributed by atoms with van der Waals surface area (Å²) in [6, 6.07) is 12.2. The highest BCUT2D eigenvalue weighted by Gasteiger charge is 2.13. The molecule has 0 aliphatic carbocycles. The molecule has 2 heterocycles. The van der Waals surface area contributed by atoms with E-state index in [0.717, 1.165) is 11.1 Å². The molecule has 1 aliphatic rings. The van der Waals surface area contributed by atoms with Gasteiger partial charge in [-0.1, -0.05) is 18.2 Å². The molecule has 2 aromatic carbocycles. The molecule has 8 nitrogen and oxygen atoms in total. The number of ether oxygens (including phenoxy) is 4. The summed E-state index contributed by atoms with van der Waals surface area (Å²) in [5, 5.41) is 0. The minimum Gasteiger partial charge on any atom is -0.486 e. The zero-order chi connectivity index (χ0) is 24.1. The van der Waals surface area contributed by atoms with Gasteiger partial charge in [0.1, 0.15) is 17.9 Å². The lowest BCUT2D eigenvalue weighted by molar-refractivity contribution is -0.135. The zero-order valence-electron chi connectivity index (χ0n) is 18.7. The smallest absolute Gasteiger partial charge is 0.337 e. The summed E-state index contributed by atoms with van der Waals surface area (Å²) < 4.78 is 23.4. The van der Waals surface area contributed by atoms with E-state index >= 15 is 0 Å². The van der Waals surface area contributed by atoms with Crippen LogP contribution in [0.4, 0.5) is 0 Å². The van der Waals surface area contributed by atoms with Crippen molar-refractivity contribution in [1.29, 1.82) is 0 Å². The van der Waals surface area contributed by atoms with Crippen LogP contribution in [0.5, 0.6) is 11.5 Å². The summed E-state index contributed by atoms with van der Waals surface area (Å²) in [7, 11) is 1.32. The molecule has 0 bridgehead atoms. The maximum Gasteiger partial charge on any atom is 0.337 e. The molecule has 0 radical (unpaired) electrons. The lowest BCUT2D eigenvalue weighted by atomic mass is 10.1. The average molecular weight is 482 g/mol. The van der Waals surface area contributed by atoms with Crippen molar-refractivity contribution in [2.75, 3.05) is 26.9 Å². The van der Waals surface area contributed by atoms with E-state index in [1.807, 2.05) is 12.1 Å². The molecule has 0 atom stereocenters. The van der Waals surface area contributed by atoms with Crippen LogP contribution < -0.4 is 24.2 Å². The molecule has 176 valence electrons. The molecule has 0 saturated carbocycles. The highest BCUT2D eigenvalue weighted by Crippen LogP contribution is 2.30. The van der Waals surface area contributed by atoms with Crippen molar-refractivity contribution in [2.45, 2.75) is 13.5 Å². The van der Waals surface area contributed by atoms with Gasteiger partial charge in [0.15, 0.2) is 11.5 Å². The van der Waals surface area contributed by atoms with E-state index in [9.17, 15) is 14.4 Å². The van der Waals surface area contributed by atoms with Gasteiger partial charge >= 0.3 is 11.9 Å². The first-order chi connectivity index (χ1) is 16.5. The third kappa shape index (κ3) is 5.20. The molecule has 0 saturated heterocycles. The van der Waals surface area contributed by atoms with Crippen LogP contribution in [-0.2, 0) is 20.8 Å². The second-order valence-electron chi connectivity index (χ2n) is 7.33. The Kier molecular flexibility index (Phi) is 7.12. The fraction of sp³-hybridized carbons (Fsp3) is 0.240.